The van der Waals surface area contributed by atoms with Crippen LogP contribution in [0.2, 0.25) is 0 Å². The Balaban J connectivity index is 1.38. The first-order valence-corrected chi connectivity index (χ1v) is 10.6. The van der Waals surface area contributed by atoms with E-state index in [1.807, 2.05) is 12.1 Å². The summed E-state index contributed by atoms with van der Waals surface area (Å²) in [4.78, 5) is 19.9. The van der Waals surface area contributed by atoms with E-state index in [1.165, 1.54) is 6.07 Å². The van der Waals surface area contributed by atoms with Gasteiger partial charge in [-0.05, 0) is 30.3 Å². The summed E-state index contributed by atoms with van der Waals surface area (Å²) in [6.07, 6.45) is 0.537. The summed E-state index contributed by atoms with van der Waals surface area (Å²) in [6, 6.07) is 9.87. The van der Waals surface area contributed by atoms with Gasteiger partial charge in [-0.2, -0.15) is 0 Å². The number of fused-ring (bicyclic) bond motifs is 2. The zero-order valence-electron chi connectivity index (χ0n) is 15.8. The third kappa shape index (κ3) is 3.54. The van der Waals surface area contributed by atoms with Crippen LogP contribution in [-0.4, -0.2) is 43.7 Å². The largest absolute Gasteiger partial charge is 0.493 e. The predicted molar refractivity (Wildman–Crippen MR) is 111 cm³/mol. The number of hydrogen-bond donors (Lipinski definition) is 2. The molecule has 0 radical (unpaired) electrons. The van der Waals surface area contributed by atoms with Crippen molar-refractivity contribution in [1.82, 2.24) is 15.6 Å². The number of piperazine rings is 1. The molecule has 0 spiro atoms. The van der Waals surface area contributed by atoms with Gasteiger partial charge in [-0.25, -0.2) is 9.37 Å². The van der Waals surface area contributed by atoms with Gasteiger partial charge in [-0.3, -0.25) is 4.79 Å². The van der Waals surface area contributed by atoms with Gasteiger partial charge in [0.1, 0.15) is 11.6 Å². The van der Waals surface area contributed by atoms with Crippen molar-refractivity contribution in [3.05, 3.63) is 53.3 Å². The van der Waals surface area contributed by atoms with Crippen LogP contribution in [0.3, 0.4) is 0 Å². The fourth-order valence-corrected chi connectivity index (χ4v) is 4.90. The van der Waals surface area contributed by atoms with Gasteiger partial charge in [0.2, 0.25) is 0 Å². The summed E-state index contributed by atoms with van der Waals surface area (Å²) in [5, 5.41) is 7.30. The number of rotatable bonds is 3. The van der Waals surface area contributed by atoms with Crippen molar-refractivity contribution < 1.29 is 13.9 Å². The predicted octanol–water partition coefficient (Wildman–Crippen LogP) is 3.10. The van der Waals surface area contributed by atoms with E-state index in [-0.39, 0.29) is 11.7 Å². The van der Waals surface area contributed by atoms with Gasteiger partial charge in [0.25, 0.3) is 5.91 Å². The highest BCUT2D eigenvalue weighted by molar-refractivity contribution is 7.22. The zero-order valence-corrected chi connectivity index (χ0v) is 16.6. The monoisotopic (exact) mass is 412 g/mol. The Bertz CT molecular complexity index is 1060. The number of benzene rings is 2. The molecule has 2 aliphatic heterocycles. The number of thiazole rings is 1. The van der Waals surface area contributed by atoms with E-state index in [4.69, 9.17) is 9.72 Å². The smallest absolute Gasteiger partial charge is 0.251 e. The third-order valence-electron chi connectivity index (χ3n) is 5.36. The minimum absolute atomic E-state index is 0.217. The summed E-state index contributed by atoms with van der Waals surface area (Å²) in [5.41, 5.74) is 1.87. The number of nitrogens with zero attached hydrogens (tertiary/aromatic N) is 2. The summed E-state index contributed by atoms with van der Waals surface area (Å²) in [6.45, 7) is 4.21. The van der Waals surface area contributed by atoms with Crippen LogP contribution in [0, 0.1) is 5.82 Å². The summed E-state index contributed by atoms with van der Waals surface area (Å²) < 4.78 is 20.8. The number of halogens is 1. The molecule has 2 aliphatic rings. The lowest BCUT2D eigenvalue weighted by Crippen LogP contribution is -2.43. The first-order chi connectivity index (χ1) is 14.2. The minimum atomic E-state index is -0.402. The topological polar surface area (TPSA) is 66.5 Å². The van der Waals surface area contributed by atoms with Crippen LogP contribution in [0.5, 0.6) is 5.75 Å². The quantitative estimate of drug-likeness (QED) is 0.692. The molecule has 1 saturated heterocycles. The number of carbonyl (C=O) groups excluding carboxylic acids is 1. The summed E-state index contributed by atoms with van der Waals surface area (Å²) >= 11 is 1.60. The second-order valence-electron chi connectivity index (χ2n) is 7.23. The van der Waals surface area contributed by atoms with Crippen molar-refractivity contribution in [2.75, 3.05) is 37.7 Å². The van der Waals surface area contributed by atoms with Crippen molar-refractivity contribution in [3.8, 4) is 5.75 Å². The normalized spacial score (nSPS) is 18.9. The summed E-state index contributed by atoms with van der Waals surface area (Å²) in [7, 11) is 0. The van der Waals surface area contributed by atoms with Gasteiger partial charge < -0.3 is 20.3 Å². The maximum atomic E-state index is 14.3. The molecule has 0 unspecified atom stereocenters. The fourth-order valence-electron chi connectivity index (χ4n) is 3.84. The number of carbonyl (C=O) groups is 1. The van der Waals surface area contributed by atoms with E-state index in [0.717, 1.165) is 41.5 Å². The lowest BCUT2D eigenvalue weighted by atomic mass is 9.99. The lowest BCUT2D eigenvalue weighted by molar-refractivity contribution is 0.0923. The molecule has 3 aromatic rings. The van der Waals surface area contributed by atoms with Gasteiger partial charge in [0, 0.05) is 38.2 Å². The van der Waals surface area contributed by atoms with Gasteiger partial charge in [-0.15, -0.1) is 0 Å². The highest BCUT2D eigenvalue weighted by atomic mass is 32.1. The molecular formula is C21H21FN4O2S. The van der Waals surface area contributed by atoms with Gasteiger partial charge >= 0.3 is 0 Å². The van der Waals surface area contributed by atoms with E-state index in [0.29, 0.717) is 29.9 Å². The molecule has 1 aromatic heterocycles. The van der Waals surface area contributed by atoms with Crippen molar-refractivity contribution in [2.45, 2.75) is 12.5 Å². The molecule has 5 rings (SSSR count). The molecule has 0 aliphatic carbocycles. The maximum absolute atomic E-state index is 14.3. The fraction of sp³-hybridized carbons (Fsp3) is 0.333. The molecule has 0 saturated carbocycles. The van der Waals surface area contributed by atoms with Crippen LogP contribution in [0.4, 0.5) is 9.52 Å². The Hall–Kier alpha value is -2.71. The molecule has 2 aromatic carbocycles. The first-order valence-electron chi connectivity index (χ1n) is 9.77. The minimum Gasteiger partial charge on any atom is -0.493 e. The Labute approximate surface area is 171 Å². The van der Waals surface area contributed by atoms with Crippen LogP contribution < -0.4 is 20.3 Å². The molecule has 1 atom stereocenters. The summed E-state index contributed by atoms with van der Waals surface area (Å²) in [5.74, 6) is -0.0729. The van der Waals surface area contributed by atoms with E-state index in [9.17, 15) is 9.18 Å². The molecule has 29 heavy (non-hydrogen) atoms. The second-order valence-corrected chi connectivity index (χ2v) is 8.24. The Morgan fingerprint density at radius 1 is 1.28 bits per heavy atom. The average molecular weight is 412 g/mol. The molecule has 2 N–H and O–H groups in total. The van der Waals surface area contributed by atoms with Gasteiger partial charge in [-0.1, -0.05) is 17.4 Å². The number of anilines is 1. The van der Waals surface area contributed by atoms with Crippen LogP contribution in [0.15, 0.2) is 36.4 Å². The SMILES string of the molecule is O=C(N[C@H]1CCOc2cccc(F)c21)c1ccc2nc(N3CCNCC3)sc2c1. The highest BCUT2D eigenvalue weighted by Gasteiger charge is 2.27. The molecule has 1 fully saturated rings. The number of aromatic nitrogens is 1. The van der Waals surface area contributed by atoms with Crippen molar-refractivity contribution in [3.63, 3.8) is 0 Å². The average Bonchev–Trinajstić information content (AvgIpc) is 3.18. The van der Waals surface area contributed by atoms with Gasteiger partial charge in [0.05, 0.1) is 28.4 Å². The molecule has 1 amide bonds. The second kappa shape index (κ2) is 7.61. The van der Waals surface area contributed by atoms with E-state index in [1.54, 1.807) is 29.5 Å². The molecule has 6 nitrogen and oxygen atoms in total. The zero-order chi connectivity index (χ0) is 19.8. The number of amides is 1. The van der Waals surface area contributed by atoms with E-state index < -0.39 is 6.04 Å². The van der Waals surface area contributed by atoms with Crippen molar-refractivity contribution in [1.29, 1.82) is 0 Å². The number of hydrogen-bond acceptors (Lipinski definition) is 6. The third-order valence-corrected chi connectivity index (χ3v) is 6.44. The van der Waals surface area contributed by atoms with Crippen LogP contribution in [0.25, 0.3) is 10.2 Å². The maximum Gasteiger partial charge on any atom is 0.251 e. The van der Waals surface area contributed by atoms with E-state index in [2.05, 4.69) is 15.5 Å². The first kappa shape index (κ1) is 18.3. The standard InChI is InChI=1S/C21H21FN4O2S/c22-14-2-1-3-17-19(14)16(6-11-28-17)24-20(27)13-4-5-15-18(12-13)29-21(25-15)26-9-7-23-8-10-26/h1-5,12,16,23H,6-11H2,(H,24,27)/t16-/m0/s1. The van der Waals surface area contributed by atoms with Gasteiger partial charge in [0.15, 0.2) is 5.13 Å². The molecule has 3 heterocycles. The molecule has 8 heteroatoms. The van der Waals surface area contributed by atoms with Crippen LogP contribution in [0.1, 0.15) is 28.4 Å². The Kier molecular flexibility index (Phi) is 4.81. The van der Waals surface area contributed by atoms with Crippen molar-refractivity contribution >= 4 is 32.6 Å². The molecule has 0 bridgehead atoms. The van der Waals surface area contributed by atoms with Crippen LogP contribution >= 0.6 is 11.3 Å². The number of nitrogens with one attached hydrogen (secondary N) is 2. The van der Waals surface area contributed by atoms with Crippen LogP contribution in [-0.2, 0) is 0 Å². The Morgan fingerprint density at radius 2 is 2.14 bits per heavy atom. The molecular weight excluding hydrogens is 391 g/mol. The Morgan fingerprint density at radius 3 is 3.00 bits per heavy atom. The number of ether oxygens (including phenoxy) is 1. The lowest BCUT2D eigenvalue weighted by Gasteiger charge is -2.27. The van der Waals surface area contributed by atoms with E-state index >= 15 is 0 Å². The molecule has 150 valence electrons. The highest BCUT2D eigenvalue weighted by Crippen LogP contribution is 2.34. The van der Waals surface area contributed by atoms with Crippen molar-refractivity contribution in [2.24, 2.45) is 0 Å².